The van der Waals surface area contributed by atoms with Gasteiger partial charge in [-0.25, -0.2) is 0 Å². The Morgan fingerprint density at radius 2 is 2.00 bits per heavy atom. The summed E-state index contributed by atoms with van der Waals surface area (Å²) in [5, 5.41) is 0. The maximum atomic E-state index is 5.74. The zero-order valence-electron chi connectivity index (χ0n) is 13.5. The molecule has 4 rings (SSSR count). The Balaban J connectivity index is 1.57. The van der Waals surface area contributed by atoms with Gasteiger partial charge in [0.05, 0.1) is 11.7 Å². The number of pyridine rings is 1. The highest BCUT2D eigenvalue weighted by Crippen LogP contribution is 2.36. The largest absolute Gasteiger partial charge is 0.486 e. The van der Waals surface area contributed by atoms with E-state index in [0.29, 0.717) is 19.3 Å². The van der Waals surface area contributed by atoms with E-state index in [1.807, 2.05) is 12.3 Å². The maximum absolute atomic E-state index is 5.74. The fourth-order valence-electron chi connectivity index (χ4n) is 3.55. The van der Waals surface area contributed by atoms with Gasteiger partial charge in [0, 0.05) is 12.7 Å². The quantitative estimate of drug-likeness (QED) is 0.869. The van der Waals surface area contributed by atoms with Crippen molar-refractivity contribution in [1.82, 2.24) is 9.88 Å². The van der Waals surface area contributed by atoms with Gasteiger partial charge in [0.25, 0.3) is 0 Å². The molecule has 0 radical (unpaired) electrons. The number of benzene rings is 1. The van der Waals surface area contributed by atoms with E-state index in [-0.39, 0.29) is 0 Å². The minimum absolute atomic E-state index is 0.420. The van der Waals surface area contributed by atoms with Crippen molar-refractivity contribution in [2.45, 2.75) is 32.4 Å². The summed E-state index contributed by atoms with van der Waals surface area (Å²) in [6.07, 6.45) is 4.30. The standard InChI is InChI=1S/C19H22N2O2/c1-14-11-18-19(23-10-9-22-18)12-15(14)13-21-8-4-6-17(21)16-5-2-3-7-20-16/h2-3,5,7,11-12,17H,4,6,8-10,13H2,1H3/t17-/m1/s1. The van der Waals surface area contributed by atoms with Gasteiger partial charge in [0.15, 0.2) is 11.5 Å². The number of aromatic nitrogens is 1. The monoisotopic (exact) mass is 310 g/mol. The van der Waals surface area contributed by atoms with Crippen LogP contribution in [0.4, 0.5) is 0 Å². The highest BCUT2D eigenvalue weighted by molar-refractivity contribution is 5.47. The van der Waals surface area contributed by atoms with Crippen LogP contribution in [-0.4, -0.2) is 29.6 Å². The Labute approximate surface area is 137 Å². The summed E-state index contributed by atoms with van der Waals surface area (Å²) in [7, 11) is 0. The molecule has 120 valence electrons. The van der Waals surface area contributed by atoms with E-state index in [1.165, 1.54) is 29.7 Å². The molecular formula is C19H22N2O2. The zero-order valence-corrected chi connectivity index (χ0v) is 13.5. The second-order valence-corrected chi connectivity index (χ2v) is 6.31. The second kappa shape index (κ2) is 6.20. The summed E-state index contributed by atoms with van der Waals surface area (Å²) in [6.45, 7) is 5.48. The van der Waals surface area contributed by atoms with E-state index in [0.717, 1.165) is 24.6 Å². The van der Waals surface area contributed by atoms with Crippen molar-refractivity contribution in [2.24, 2.45) is 0 Å². The smallest absolute Gasteiger partial charge is 0.161 e. The Hall–Kier alpha value is -2.07. The molecule has 4 nitrogen and oxygen atoms in total. The second-order valence-electron chi connectivity index (χ2n) is 6.31. The van der Waals surface area contributed by atoms with E-state index in [2.05, 4.69) is 41.1 Å². The van der Waals surface area contributed by atoms with Gasteiger partial charge in [-0.15, -0.1) is 0 Å². The third-order valence-corrected chi connectivity index (χ3v) is 4.77. The average molecular weight is 310 g/mol. The van der Waals surface area contributed by atoms with E-state index in [9.17, 15) is 0 Å². The molecule has 0 bridgehead atoms. The minimum Gasteiger partial charge on any atom is -0.486 e. The lowest BCUT2D eigenvalue weighted by Crippen LogP contribution is -2.24. The van der Waals surface area contributed by atoms with Crippen LogP contribution < -0.4 is 9.47 Å². The van der Waals surface area contributed by atoms with Crippen molar-refractivity contribution < 1.29 is 9.47 Å². The van der Waals surface area contributed by atoms with Crippen LogP contribution in [-0.2, 0) is 6.54 Å². The number of nitrogens with zero attached hydrogens (tertiary/aromatic N) is 2. The predicted molar refractivity (Wildman–Crippen MR) is 88.8 cm³/mol. The third-order valence-electron chi connectivity index (χ3n) is 4.77. The van der Waals surface area contributed by atoms with Gasteiger partial charge >= 0.3 is 0 Å². The summed E-state index contributed by atoms with van der Waals surface area (Å²) in [5.41, 5.74) is 3.76. The molecule has 23 heavy (non-hydrogen) atoms. The van der Waals surface area contributed by atoms with Gasteiger partial charge in [-0.1, -0.05) is 6.07 Å². The third kappa shape index (κ3) is 2.91. The van der Waals surface area contributed by atoms with Crippen LogP contribution in [0.1, 0.15) is 35.7 Å². The highest BCUT2D eigenvalue weighted by Gasteiger charge is 2.27. The molecule has 2 aromatic rings. The molecule has 2 aliphatic rings. The molecule has 0 spiro atoms. The molecule has 1 fully saturated rings. The topological polar surface area (TPSA) is 34.6 Å². The van der Waals surface area contributed by atoms with Crippen LogP contribution in [0.25, 0.3) is 0 Å². The van der Waals surface area contributed by atoms with Crippen molar-refractivity contribution in [3.05, 3.63) is 53.3 Å². The van der Waals surface area contributed by atoms with E-state index in [4.69, 9.17) is 9.47 Å². The van der Waals surface area contributed by atoms with Crippen molar-refractivity contribution in [1.29, 1.82) is 0 Å². The fraction of sp³-hybridized carbons (Fsp3) is 0.421. The van der Waals surface area contributed by atoms with Gasteiger partial charge < -0.3 is 9.47 Å². The highest BCUT2D eigenvalue weighted by atomic mass is 16.6. The van der Waals surface area contributed by atoms with Crippen LogP contribution in [0.2, 0.25) is 0 Å². The lowest BCUT2D eigenvalue weighted by Gasteiger charge is -2.26. The Bertz CT molecular complexity index is 687. The maximum Gasteiger partial charge on any atom is 0.161 e. The summed E-state index contributed by atoms with van der Waals surface area (Å²) < 4.78 is 11.4. The number of fused-ring (bicyclic) bond motifs is 1. The molecule has 1 saturated heterocycles. The van der Waals surface area contributed by atoms with Gasteiger partial charge in [0.1, 0.15) is 13.2 Å². The van der Waals surface area contributed by atoms with Crippen LogP contribution in [0, 0.1) is 6.92 Å². The first-order valence-electron chi connectivity index (χ1n) is 8.35. The summed E-state index contributed by atoms with van der Waals surface area (Å²) in [5.74, 6) is 1.76. The molecule has 0 N–H and O–H groups in total. The minimum atomic E-state index is 0.420. The van der Waals surface area contributed by atoms with E-state index >= 15 is 0 Å². The molecule has 0 amide bonds. The van der Waals surface area contributed by atoms with Crippen molar-refractivity contribution in [3.8, 4) is 11.5 Å². The van der Waals surface area contributed by atoms with Gasteiger partial charge in [0.2, 0.25) is 0 Å². The number of rotatable bonds is 3. The predicted octanol–water partition coefficient (Wildman–Crippen LogP) is 3.50. The molecule has 3 heterocycles. The van der Waals surface area contributed by atoms with Gasteiger partial charge in [-0.2, -0.15) is 0 Å². The lowest BCUT2D eigenvalue weighted by atomic mass is 10.1. The molecule has 0 unspecified atom stereocenters. The molecule has 4 heteroatoms. The summed E-state index contributed by atoms with van der Waals surface area (Å²) in [4.78, 5) is 7.09. The average Bonchev–Trinajstić information content (AvgIpc) is 3.04. The van der Waals surface area contributed by atoms with E-state index < -0.39 is 0 Å². The van der Waals surface area contributed by atoms with Gasteiger partial charge in [-0.3, -0.25) is 9.88 Å². The SMILES string of the molecule is Cc1cc2c(cc1CN1CCC[C@@H]1c1ccccn1)OCCO2. The van der Waals surface area contributed by atoms with Crippen LogP contribution in [0.5, 0.6) is 11.5 Å². The number of ether oxygens (including phenoxy) is 2. The molecule has 1 aromatic carbocycles. The van der Waals surface area contributed by atoms with Gasteiger partial charge in [-0.05, 0) is 61.7 Å². The Morgan fingerprint density at radius 1 is 1.17 bits per heavy atom. The summed E-state index contributed by atoms with van der Waals surface area (Å²) >= 11 is 0. The molecule has 2 aliphatic heterocycles. The zero-order chi connectivity index (χ0) is 15.6. The van der Waals surface area contributed by atoms with E-state index in [1.54, 1.807) is 0 Å². The fourth-order valence-corrected chi connectivity index (χ4v) is 3.55. The number of aryl methyl sites for hydroxylation is 1. The van der Waals surface area contributed by atoms with Crippen LogP contribution in [0.3, 0.4) is 0 Å². The Kier molecular flexibility index (Phi) is 3.92. The number of hydrogen-bond donors (Lipinski definition) is 0. The van der Waals surface area contributed by atoms with Crippen LogP contribution >= 0.6 is 0 Å². The number of likely N-dealkylation sites (tertiary alicyclic amines) is 1. The molecule has 0 aliphatic carbocycles. The number of hydrogen-bond acceptors (Lipinski definition) is 4. The lowest BCUT2D eigenvalue weighted by molar-refractivity contribution is 0.170. The molecule has 1 atom stereocenters. The van der Waals surface area contributed by atoms with Crippen molar-refractivity contribution >= 4 is 0 Å². The first kappa shape index (κ1) is 14.5. The van der Waals surface area contributed by atoms with Crippen molar-refractivity contribution in [2.75, 3.05) is 19.8 Å². The molecule has 1 aromatic heterocycles. The normalized spacial score (nSPS) is 20.7. The molecular weight excluding hydrogens is 288 g/mol. The van der Waals surface area contributed by atoms with Crippen LogP contribution in [0.15, 0.2) is 36.5 Å². The molecule has 0 saturated carbocycles. The van der Waals surface area contributed by atoms with Crippen molar-refractivity contribution in [3.63, 3.8) is 0 Å². The summed E-state index contributed by atoms with van der Waals surface area (Å²) in [6, 6.07) is 10.9. The first-order valence-corrected chi connectivity index (χ1v) is 8.35. The first-order chi connectivity index (χ1) is 11.3. The Morgan fingerprint density at radius 3 is 2.78 bits per heavy atom.